The topological polar surface area (TPSA) is 58.6 Å². The van der Waals surface area contributed by atoms with Gasteiger partial charge in [-0.15, -0.1) is 0 Å². The summed E-state index contributed by atoms with van der Waals surface area (Å²) in [5.74, 6) is 0.982. The van der Waals surface area contributed by atoms with Gasteiger partial charge in [0.25, 0.3) is 0 Å². The number of likely N-dealkylation sites (N-methyl/N-ethyl adjacent to an activating group) is 1. The van der Waals surface area contributed by atoms with Crippen LogP contribution < -0.4 is 5.32 Å². The number of benzene rings is 1. The Kier molecular flexibility index (Phi) is 8.42. The molecule has 0 heterocycles. The Balaban J connectivity index is 2.71. The van der Waals surface area contributed by atoms with Crippen LogP contribution in [0.2, 0.25) is 0 Å². The van der Waals surface area contributed by atoms with Crippen molar-refractivity contribution in [2.75, 3.05) is 31.8 Å². The third-order valence-electron chi connectivity index (χ3n) is 3.37. The number of carboxylic acids is 1. The first-order valence-electron chi connectivity index (χ1n) is 7.28. The highest BCUT2D eigenvalue weighted by molar-refractivity contribution is 7.99. The first kappa shape index (κ1) is 18.0. The van der Waals surface area contributed by atoms with Crippen LogP contribution >= 0.6 is 11.8 Å². The Morgan fingerprint density at radius 3 is 2.62 bits per heavy atom. The predicted octanol–water partition coefficient (Wildman–Crippen LogP) is 2.74. The van der Waals surface area contributed by atoms with E-state index >= 15 is 0 Å². The second-order valence-corrected chi connectivity index (χ2v) is 6.04. The van der Waals surface area contributed by atoms with Crippen LogP contribution in [0, 0.1) is 0 Å². The number of hydrogen-bond acceptors (Lipinski definition) is 4. The second kappa shape index (κ2) is 9.82. The molecule has 1 aromatic carbocycles. The van der Waals surface area contributed by atoms with Crippen LogP contribution in [0.1, 0.15) is 25.3 Å². The lowest BCUT2D eigenvalue weighted by Gasteiger charge is -2.31. The summed E-state index contributed by atoms with van der Waals surface area (Å²) in [5.41, 5.74) is -0.179. The van der Waals surface area contributed by atoms with Crippen LogP contribution in [0.5, 0.6) is 0 Å². The van der Waals surface area contributed by atoms with E-state index in [-0.39, 0.29) is 0 Å². The Morgan fingerprint density at radius 2 is 2.05 bits per heavy atom. The van der Waals surface area contributed by atoms with Crippen LogP contribution in [0.25, 0.3) is 0 Å². The third kappa shape index (κ3) is 5.34. The predicted molar refractivity (Wildman–Crippen MR) is 87.9 cm³/mol. The van der Waals surface area contributed by atoms with Crippen molar-refractivity contribution in [3.8, 4) is 0 Å². The summed E-state index contributed by atoms with van der Waals surface area (Å²) >= 11 is 1.77. The van der Waals surface area contributed by atoms with Gasteiger partial charge in [-0.1, -0.05) is 37.3 Å². The molecule has 0 amide bonds. The monoisotopic (exact) mass is 311 g/mol. The minimum Gasteiger partial charge on any atom is -0.480 e. The summed E-state index contributed by atoms with van der Waals surface area (Å²) in [7, 11) is 1.70. The van der Waals surface area contributed by atoms with Gasteiger partial charge in [0.2, 0.25) is 0 Å². The normalized spacial score (nSPS) is 13.8. The van der Waals surface area contributed by atoms with E-state index in [9.17, 15) is 9.90 Å². The number of thioether (sulfide) groups is 1. The van der Waals surface area contributed by atoms with Gasteiger partial charge in [0, 0.05) is 13.7 Å². The van der Waals surface area contributed by atoms with Gasteiger partial charge in [0.05, 0.1) is 0 Å². The average Bonchev–Trinajstić information content (AvgIpc) is 2.50. The zero-order valence-corrected chi connectivity index (χ0v) is 13.6. The second-order valence-electron chi connectivity index (χ2n) is 4.82. The first-order chi connectivity index (χ1) is 10.2. The highest BCUT2D eigenvalue weighted by Crippen LogP contribution is 2.27. The van der Waals surface area contributed by atoms with E-state index in [4.69, 9.17) is 4.74 Å². The van der Waals surface area contributed by atoms with Crippen LogP contribution in [0.3, 0.4) is 0 Å². The number of nitrogens with one attached hydrogen (secondary N) is 1. The van der Waals surface area contributed by atoms with Gasteiger partial charge in [-0.3, -0.25) is 5.32 Å². The highest BCUT2D eigenvalue weighted by Gasteiger charge is 2.38. The molecule has 0 bridgehead atoms. The fourth-order valence-electron chi connectivity index (χ4n) is 2.30. The van der Waals surface area contributed by atoms with Crippen LogP contribution in [-0.4, -0.2) is 42.8 Å². The molecule has 1 aromatic rings. The summed E-state index contributed by atoms with van der Waals surface area (Å²) in [6.07, 6.45) is 1.56. The number of ether oxygens (including phenoxy) is 1. The minimum atomic E-state index is -0.996. The fourth-order valence-corrected chi connectivity index (χ4v) is 3.27. The summed E-state index contributed by atoms with van der Waals surface area (Å²) in [5, 5.41) is 12.9. The molecule has 0 radical (unpaired) electrons. The summed E-state index contributed by atoms with van der Waals surface area (Å²) < 4.78 is 5.02. The van der Waals surface area contributed by atoms with Crippen LogP contribution in [0.4, 0.5) is 0 Å². The fraction of sp³-hybridized carbons (Fsp3) is 0.562. The van der Waals surface area contributed by atoms with Gasteiger partial charge in [0.1, 0.15) is 5.54 Å². The van der Waals surface area contributed by atoms with Gasteiger partial charge in [-0.2, -0.15) is 11.8 Å². The molecule has 0 aliphatic rings. The summed E-state index contributed by atoms with van der Waals surface area (Å²) in [6.45, 7) is 3.31. The molecule has 0 fully saturated rings. The average molecular weight is 311 g/mol. The van der Waals surface area contributed by atoms with Gasteiger partial charge < -0.3 is 9.84 Å². The zero-order chi connectivity index (χ0) is 15.6. The van der Waals surface area contributed by atoms with Crippen molar-refractivity contribution >= 4 is 17.7 Å². The minimum absolute atomic E-state index is 0.567. The molecule has 0 saturated carbocycles. The molecule has 0 saturated heterocycles. The Morgan fingerprint density at radius 1 is 1.33 bits per heavy atom. The molecule has 1 unspecified atom stereocenters. The first-order valence-corrected chi connectivity index (χ1v) is 8.43. The van der Waals surface area contributed by atoms with Gasteiger partial charge in [0.15, 0.2) is 0 Å². The maximum absolute atomic E-state index is 11.9. The van der Waals surface area contributed by atoms with Crippen molar-refractivity contribution in [2.24, 2.45) is 0 Å². The Bertz CT molecular complexity index is 413. The summed E-state index contributed by atoms with van der Waals surface area (Å²) in [6, 6.07) is 9.44. The van der Waals surface area contributed by atoms with E-state index in [1.165, 1.54) is 0 Å². The number of methoxy groups -OCH3 is 1. The molecule has 2 N–H and O–H groups in total. The maximum atomic E-state index is 11.9. The molecule has 0 aliphatic carbocycles. The van der Waals surface area contributed by atoms with Gasteiger partial charge in [-0.05, 0) is 36.5 Å². The standard InChI is InChI=1S/C16H25NO3S/c1-3-17-16(15(18)19,14-8-5-4-6-9-14)10-13-21-12-7-11-20-2/h4-6,8-9,17H,3,7,10-13H2,1-2H3,(H,18,19). The molecule has 0 aliphatic heterocycles. The zero-order valence-electron chi connectivity index (χ0n) is 12.8. The number of aliphatic carboxylic acids is 1. The molecule has 21 heavy (non-hydrogen) atoms. The number of hydrogen-bond donors (Lipinski definition) is 2. The van der Waals surface area contributed by atoms with Crippen molar-refractivity contribution in [1.29, 1.82) is 0 Å². The van der Waals surface area contributed by atoms with E-state index in [1.807, 2.05) is 37.3 Å². The molecule has 0 aromatic heterocycles. The maximum Gasteiger partial charge on any atom is 0.328 e. The third-order valence-corrected chi connectivity index (χ3v) is 4.44. The largest absolute Gasteiger partial charge is 0.480 e. The van der Waals surface area contributed by atoms with Crippen LogP contribution in [-0.2, 0) is 15.1 Å². The quantitative estimate of drug-likeness (QED) is 0.615. The van der Waals surface area contributed by atoms with Crippen molar-refractivity contribution < 1.29 is 14.6 Å². The van der Waals surface area contributed by atoms with Crippen molar-refractivity contribution in [3.63, 3.8) is 0 Å². The van der Waals surface area contributed by atoms with Crippen molar-refractivity contribution in [2.45, 2.75) is 25.3 Å². The SMILES string of the molecule is CCNC(CCSCCCOC)(C(=O)O)c1ccccc1. The Labute approximate surface area is 131 Å². The molecule has 1 atom stereocenters. The Hall–Kier alpha value is -1.04. The molecular formula is C16H25NO3S. The molecule has 4 nitrogen and oxygen atoms in total. The van der Waals surface area contributed by atoms with E-state index < -0.39 is 11.5 Å². The number of carboxylic acid groups (broad SMARTS) is 1. The summed E-state index contributed by atoms with van der Waals surface area (Å²) in [4.78, 5) is 11.9. The van der Waals surface area contributed by atoms with Crippen molar-refractivity contribution in [1.82, 2.24) is 5.32 Å². The molecule has 0 spiro atoms. The molecular weight excluding hydrogens is 286 g/mol. The highest BCUT2D eigenvalue weighted by atomic mass is 32.2. The molecule has 118 valence electrons. The van der Waals surface area contributed by atoms with E-state index in [0.29, 0.717) is 13.0 Å². The van der Waals surface area contributed by atoms with Crippen LogP contribution in [0.15, 0.2) is 30.3 Å². The number of rotatable bonds is 11. The number of carbonyl (C=O) groups is 1. The van der Waals surface area contributed by atoms with E-state index in [2.05, 4.69) is 5.32 Å². The van der Waals surface area contributed by atoms with Gasteiger partial charge >= 0.3 is 5.97 Å². The lowest BCUT2D eigenvalue weighted by Crippen LogP contribution is -2.49. The molecule has 5 heteroatoms. The molecule has 1 rings (SSSR count). The van der Waals surface area contributed by atoms with Crippen molar-refractivity contribution in [3.05, 3.63) is 35.9 Å². The lowest BCUT2D eigenvalue weighted by atomic mass is 9.87. The van der Waals surface area contributed by atoms with Gasteiger partial charge in [-0.25, -0.2) is 4.79 Å². The lowest BCUT2D eigenvalue weighted by molar-refractivity contribution is -0.145. The smallest absolute Gasteiger partial charge is 0.328 e. The van der Waals surface area contributed by atoms with E-state index in [0.717, 1.165) is 30.1 Å². The van der Waals surface area contributed by atoms with E-state index in [1.54, 1.807) is 18.9 Å².